The number of ketones is 1. The van der Waals surface area contributed by atoms with Crippen molar-refractivity contribution in [1.29, 1.82) is 5.26 Å². The Morgan fingerprint density at radius 1 is 1.08 bits per heavy atom. The first-order chi connectivity index (χ1) is 11.5. The number of nitrogens with zero attached hydrogens (tertiary/aromatic N) is 1. The predicted molar refractivity (Wildman–Crippen MR) is 85.3 cm³/mol. The van der Waals surface area contributed by atoms with Crippen LogP contribution in [0.3, 0.4) is 0 Å². The Bertz CT molecular complexity index is 790. The summed E-state index contributed by atoms with van der Waals surface area (Å²) in [5.41, 5.74) is 0.959. The SMILES string of the molecule is COc1cc(C(C)=O)ccc1OC(=O)COc1ccc(C#N)cc1. The van der Waals surface area contributed by atoms with Crippen LogP contribution in [0.4, 0.5) is 0 Å². The van der Waals surface area contributed by atoms with E-state index in [1.165, 1.54) is 26.2 Å². The molecule has 24 heavy (non-hydrogen) atoms. The quantitative estimate of drug-likeness (QED) is 0.461. The van der Waals surface area contributed by atoms with Crippen LogP contribution < -0.4 is 14.2 Å². The van der Waals surface area contributed by atoms with Crippen molar-refractivity contribution in [3.8, 4) is 23.3 Å². The van der Waals surface area contributed by atoms with Crippen LogP contribution in [0.15, 0.2) is 42.5 Å². The van der Waals surface area contributed by atoms with Gasteiger partial charge in [0, 0.05) is 5.56 Å². The maximum atomic E-state index is 11.9. The summed E-state index contributed by atoms with van der Waals surface area (Å²) in [6.45, 7) is 1.13. The van der Waals surface area contributed by atoms with Gasteiger partial charge in [-0.15, -0.1) is 0 Å². The third-order valence-corrected chi connectivity index (χ3v) is 3.13. The summed E-state index contributed by atoms with van der Waals surface area (Å²) >= 11 is 0. The Labute approximate surface area is 139 Å². The molecular formula is C18H15NO5. The number of hydrogen-bond acceptors (Lipinski definition) is 6. The van der Waals surface area contributed by atoms with Crippen LogP contribution in [0, 0.1) is 11.3 Å². The lowest BCUT2D eigenvalue weighted by atomic mass is 10.1. The number of Topliss-reactive ketones (excluding diaryl/α,β-unsaturated/α-hetero) is 1. The molecule has 2 aromatic carbocycles. The van der Waals surface area contributed by atoms with Gasteiger partial charge in [0.15, 0.2) is 23.9 Å². The lowest BCUT2D eigenvalue weighted by Gasteiger charge is -2.11. The Hall–Kier alpha value is -3.33. The van der Waals surface area contributed by atoms with E-state index < -0.39 is 5.97 Å². The summed E-state index contributed by atoms with van der Waals surface area (Å²) < 4.78 is 15.6. The van der Waals surface area contributed by atoms with E-state index in [0.717, 1.165) is 0 Å². The summed E-state index contributed by atoms with van der Waals surface area (Å²) in [4.78, 5) is 23.2. The van der Waals surface area contributed by atoms with E-state index in [4.69, 9.17) is 19.5 Å². The van der Waals surface area contributed by atoms with Crippen molar-refractivity contribution < 1.29 is 23.8 Å². The molecule has 122 valence electrons. The number of methoxy groups -OCH3 is 1. The van der Waals surface area contributed by atoms with E-state index >= 15 is 0 Å². The van der Waals surface area contributed by atoms with E-state index in [9.17, 15) is 9.59 Å². The Kier molecular flexibility index (Phi) is 5.53. The summed E-state index contributed by atoms with van der Waals surface area (Å²) in [5.74, 6) is 0.207. The van der Waals surface area contributed by atoms with Gasteiger partial charge in [0.25, 0.3) is 0 Å². The molecule has 0 saturated heterocycles. The number of carbonyl (C=O) groups is 2. The molecule has 0 amide bonds. The maximum absolute atomic E-state index is 11.9. The van der Waals surface area contributed by atoms with E-state index in [0.29, 0.717) is 16.9 Å². The van der Waals surface area contributed by atoms with E-state index in [-0.39, 0.29) is 23.9 Å². The molecule has 0 heterocycles. The minimum absolute atomic E-state index is 0.115. The second kappa shape index (κ2) is 7.79. The number of rotatable bonds is 6. The van der Waals surface area contributed by atoms with Gasteiger partial charge in [0.2, 0.25) is 0 Å². The standard InChI is InChI=1S/C18H15NO5/c1-12(20)14-5-8-16(17(9-14)22-2)24-18(21)11-23-15-6-3-13(10-19)4-7-15/h3-9H,11H2,1-2H3. The second-order valence-corrected chi connectivity index (χ2v) is 4.82. The highest BCUT2D eigenvalue weighted by atomic mass is 16.6. The Morgan fingerprint density at radius 3 is 2.38 bits per heavy atom. The van der Waals surface area contributed by atoms with Crippen LogP contribution in [0.25, 0.3) is 0 Å². The van der Waals surface area contributed by atoms with Crippen LogP contribution in [-0.2, 0) is 4.79 Å². The fourth-order valence-corrected chi connectivity index (χ4v) is 1.89. The van der Waals surface area contributed by atoms with E-state index in [2.05, 4.69) is 0 Å². The third kappa shape index (κ3) is 4.34. The molecule has 0 aliphatic rings. The van der Waals surface area contributed by atoms with Crippen molar-refractivity contribution in [3.63, 3.8) is 0 Å². The van der Waals surface area contributed by atoms with E-state index in [1.807, 2.05) is 6.07 Å². The molecule has 6 heteroatoms. The molecule has 6 nitrogen and oxygen atoms in total. The predicted octanol–water partition coefficient (Wildman–Crippen LogP) is 2.75. The summed E-state index contributed by atoms with van der Waals surface area (Å²) in [6, 6.07) is 12.9. The molecule has 0 fully saturated rings. The first-order valence-electron chi connectivity index (χ1n) is 7.06. The van der Waals surface area contributed by atoms with Gasteiger partial charge in [-0.1, -0.05) is 0 Å². The number of esters is 1. The van der Waals surface area contributed by atoms with Gasteiger partial charge < -0.3 is 14.2 Å². The van der Waals surface area contributed by atoms with Crippen molar-refractivity contribution in [2.24, 2.45) is 0 Å². The highest BCUT2D eigenvalue weighted by Gasteiger charge is 2.13. The van der Waals surface area contributed by atoms with Gasteiger partial charge in [-0.3, -0.25) is 4.79 Å². The van der Waals surface area contributed by atoms with Crippen molar-refractivity contribution in [2.75, 3.05) is 13.7 Å². The molecule has 2 rings (SSSR count). The van der Waals surface area contributed by atoms with Crippen molar-refractivity contribution in [2.45, 2.75) is 6.92 Å². The average Bonchev–Trinajstić information content (AvgIpc) is 2.60. The number of benzene rings is 2. The molecule has 0 bridgehead atoms. The monoisotopic (exact) mass is 325 g/mol. The van der Waals surface area contributed by atoms with Crippen molar-refractivity contribution >= 4 is 11.8 Å². The average molecular weight is 325 g/mol. The molecule has 0 spiro atoms. The van der Waals surface area contributed by atoms with Gasteiger partial charge in [-0.2, -0.15) is 5.26 Å². The molecule has 0 radical (unpaired) electrons. The number of carbonyl (C=O) groups excluding carboxylic acids is 2. The van der Waals surface area contributed by atoms with Crippen molar-refractivity contribution in [1.82, 2.24) is 0 Å². The molecule has 0 aliphatic carbocycles. The van der Waals surface area contributed by atoms with Crippen molar-refractivity contribution in [3.05, 3.63) is 53.6 Å². The topological polar surface area (TPSA) is 85.6 Å². The lowest BCUT2D eigenvalue weighted by molar-refractivity contribution is -0.136. The highest BCUT2D eigenvalue weighted by Crippen LogP contribution is 2.28. The molecular weight excluding hydrogens is 310 g/mol. The first kappa shape index (κ1) is 17.0. The highest BCUT2D eigenvalue weighted by molar-refractivity contribution is 5.94. The smallest absolute Gasteiger partial charge is 0.349 e. The summed E-state index contributed by atoms with van der Waals surface area (Å²) in [7, 11) is 1.42. The zero-order chi connectivity index (χ0) is 17.5. The van der Waals surface area contributed by atoms with Crippen LogP contribution in [0.1, 0.15) is 22.8 Å². The van der Waals surface area contributed by atoms with Gasteiger partial charge in [-0.05, 0) is 49.4 Å². The second-order valence-electron chi connectivity index (χ2n) is 4.82. The fraction of sp³-hybridized carbons (Fsp3) is 0.167. The normalized spacial score (nSPS) is 9.71. The summed E-state index contributed by atoms with van der Waals surface area (Å²) in [5, 5.41) is 8.72. The zero-order valence-electron chi connectivity index (χ0n) is 13.2. The van der Waals surface area contributed by atoms with Gasteiger partial charge >= 0.3 is 5.97 Å². The van der Waals surface area contributed by atoms with Crippen LogP contribution in [0.2, 0.25) is 0 Å². The van der Waals surface area contributed by atoms with Gasteiger partial charge in [0.1, 0.15) is 5.75 Å². The largest absolute Gasteiger partial charge is 0.493 e. The van der Waals surface area contributed by atoms with Gasteiger partial charge in [0.05, 0.1) is 18.7 Å². The molecule has 0 saturated carbocycles. The van der Waals surface area contributed by atoms with Crippen LogP contribution in [-0.4, -0.2) is 25.5 Å². The molecule has 0 atom stereocenters. The first-order valence-corrected chi connectivity index (χ1v) is 7.06. The summed E-state index contributed by atoms with van der Waals surface area (Å²) in [6.07, 6.45) is 0. The Morgan fingerprint density at radius 2 is 1.79 bits per heavy atom. The number of hydrogen-bond donors (Lipinski definition) is 0. The Balaban J connectivity index is 1.99. The minimum atomic E-state index is -0.617. The lowest BCUT2D eigenvalue weighted by Crippen LogP contribution is -2.18. The molecule has 0 unspecified atom stereocenters. The number of nitriles is 1. The van der Waals surface area contributed by atoms with Crippen LogP contribution in [0.5, 0.6) is 17.2 Å². The maximum Gasteiger partial charge on any atom is 0.349 e. The fourth-order valence-electron chi connectivity index (χ4n) is 1.89. The zero-order valence-corrected chi connectivity index (χ0v) is 13.2. The third-order valence-electron chi connectivity index (χ3n) is 3.13. The number of ether oxygens (including phenoxy) is 3. The van der Waals surface area contributed by atoms with Gasteiger partial charge in [-0.25, -0.2) is 4.79 Å². The molecule has 2 aromatic rings. The molecule has 0 aromatic heterocycles. The van der Waals surface area contributed by atoms with E-state index in [1.54, 1.807) is 30.3 Å². The minimum Gasteiger partial charge on any atom is -0.493 e. The molecule has 0 N–H and O–H groups in total. The van der Waals surface area contributed by atoms with Crippen LogP contribution >= 0.6 is 0 Å². The molecule has 0 aliphatic heterocycles.